The fourth-order valence-corrected chi connectivity index (χ4v) is 4.39. The van der Waals surface area contributed by atoms with Gasteiger partial charge in [0, 0.05) is 43.1 Å². The summed E-state index contributed by atoms with van der Waals surface area (Å²) in [4.78, 5) is 2.02. The number of ether oxygens (including phenoxy) is 1. The van der Waals surface area contributed by atoms with E-state index in [9.17, 15) is 27.1 Å². The van der Waals surface area contributed by atoms with Crippen LogP contribution in [0.1, 0.15) is 24.1 Å². The Labute approximate surface area is 169 Å². The molecule has 1 unspecified atom stereocenters. The van der Waals surface area contributed by atoms with Crippen LogP contribution >= 0.6 is 0 Å². The van der Waals surface area contributed by atoms with E-state index in [2.05, 4.69) is 5.10 Å². The molecule has 3 heterocycles. The Hall–Kier alpha value is -1.82. The molecule has 0 aromatic carbocycles. The Morgan fingerprint density at radius 2 is 2.03 bits per heavy atom. The second-order valence-corrected chi connectivity index (χ2v) is 8.09. The second-order valence-electron chi connectivity index (χ2n) is 8.09. The van der Waals surface area contributed by atoms with Gasteiger partial charge in [0.1, 0.15) is 11.7 Å². The molecule has 166 valence electrons. The third-order valence-corrected chi connectivity index (χ3v) is 6.04. The standard InChI is InChI=1S/C19H23F5N4O2/c20-11-1-2-14(21)13(3-11)18-15(25)4-12(9-30-18)27-6-10-5-26-28(16(10)7-27)8-17(29)19(22,23)24/h1-2,5,12-13,15,17-18,29H,3-4,6-9,25H2/t12-,13?,15+,17+,18-/m1/s1. The minimum atomic E-state index is -4.71. The molecule has 6 nitrogen and oxygen atoms in total. The van der Waals surface area contributed by atoms with E-state index in [1.54, 1.807) is 0 Å². The zero-order chi connectivity index (χ0) is 21.6. The molecule has 1 saturated heterocycles. The first-order valence-electron chi connectivity index (χ1n) is 9.74. The highest BCUT2D eigenvalue weighted by molar-refractivity contribution is 5.24. The quantitative estimate of drug-likeness (QED) is 0.712. The number of hydrogen-bond donors (Lipinski definition) is 2. The van der Waals surface area contributed by atoms with Gasteiger partial charge >= 0.3 is 6.18 Å². The minimum absolute atomic E-state index is 0.0854. The fourth-order valence-electron chi connectivity index (χ4n) is 4.39. The minimum Gasteiger partial charge on any atom is -0.382 e. The average molecular weight is 434 g/mol. The van der Waals surface area contributed by atoms with Crippen LogP contribution < -0.4 is 5.73 Å². The number of nitrogens with zero attached hydrogens (tertiary/aromatic N) is 3. The number of aliphatic hydroxyl groups is 1. The van der Waals surface area contributed by atoms with Crippen LogP contribution in [0.4, 0.5) is 22.0 Å². The summed E-state index contributed by atoms with van der Waals surface area (Å²) < 4.78 is 72.7. The molecule has 1 aromatic heterocycles. The van der Waals surface area contributed by atoms with Gasteiger partial charge in [-0.1, -0.05) is 0 Å². The number of aliphatic hydroxyl groups excluding tert-OH is 1. The molecule has 0 amide bonds. The Kier molecular flexibility index (Phi) is 5.73. The maximum absolute atomic E-state index is 14.1. The number of halogens is 5. The lowest BCUT2D eigenvalue weighted by Crippen LogP contribution is -2.53. The van der Waals surface area contributed by atoms with E-state index in [-0.39, 0.29) is 19.1 Å². The number of allylic oxidation sites excluding steroid dienone is 3. The number of rotatable bonds is 4. The van der Waals surface area contributed by atoms with Crippen molar-refractivity contribution in [3.63, 3.8) is 0 Å². The van der Waals surface area contributed by atoms with Crippen LogP contribution in [0.15, 0.2) is 30.0 Å². The summed E-state index contributed by atoms with van der Waals surface area (Å²) in [6.45, 7) is 0.413. The predicted octanol–water partition coefficient (Wildman–Crippen LogP) is 2.33. The average Bonchev–Trinajstić information content (AvgIpc) is 3.25. The first-order valence-corrected chi connectivity index (χ1v) is 9.74. The van der Waals surface area contributed by atoms with Crippen molar-refractivity contribution >= 4 is 0 Å². The van der Waals surface area contributed by atoms with Gasteiger partial charge in [0.15, 0.2) is 6.10 Å². The highest BCUT2D eigenvalue weighted by atomic mass is 19.4. The number of nitrogens with two attached hydrogens (primary N) is 1. The van der Waals surface area contributed by atoms with Gasteiger partial charge < -0.3 is 15.6 Å². The van der Waals surface area contributed by atoms with Crippen molar-refractivity contribution in [2.45, 2.75) is 62.9 Å². The van der Waals surface area contributed by atoms with Crippen LogP contribution in [-0.2, 0) is 24.4 Å². The van der Waals surface area contributed by atoms with E-state index < -0.39 is 48.5 Å². The van der Waals surface area contributed by atoms with Crippen molar-refractivity contribution in [1.82, 2.24) is 14.7 Å². The molecule has 1 fully saturated rings. The van der Waals surface area contributed by atoms with Gasteiger partial charge in [0.05, 0.1) is 31.1 Å². The molecule has 4 rings (SSSR count). The van der Waals surface area contributed by atoms with Crippen LogP contribution in [0.2, 0.25) is 0 Å². The molecule has 1 aliphatic carbocycles. The van der Waals surface area contributed by atoms with E-state index in [0.29, 0.717) is 25.2 Å². The summed E-state index contributed by atoms with van der Waals surface area (Å²) in [5.41, 5.74) is 7.64. The molecule has 0 radical (unpaired) electrons. The van der Waals surface area contributed by atoms with E-state index in [4.69, 9.17) is 10.5 Å². The van der Waals surface area contributed by atoms with E-state index in [1.165, 1.54) is 10.9 Å². The molecule has 3 N–H and O–H groups in total. The van der Waals surface area contributed by atoms with Gasteiger partial charge in [-0.2, -0.15) is 18.3 Å². The first-order chi connectivity index (χ1) is 14.1. The highest BCUT2D eigenvalue weighted by Crippen LogP contribution is 2.36. The molecular formula is C19H23F5N4O2. The Bertz CT molecular complexity index is 852. The normalized spacial score (nSPS) is 31.3. The van der Waals surface area contributed by atoms with Gasteiger partial charge in [-0.05, 0) is 18.6 Å². The van der Waals surface area contributed by atoms with Crippen LogP contribution in [-0.4, -0.2) is 56.9 Å². The van der Waals surface area contributed by atoms with Crippen LogP contribution in [0.25, 0.3) is 0 Å². The first kappa shape index (κ1) is 21.4. The topological polar surface area (TPSA) is 76.5 Å². The molecule has 0 bridgehead atoms. The predicted molar refractivity (Wildman–Crippen MR) is 96.1 cm³/mol. The van der Waals surface area contributed by atoms with Gasteiger partial charge in [-0.15, -0.1) is 0 Å². The van der Waals surface area contributed by atoms with E-state index in [0.717, 1.165) is 17.7 Å². The van der Waals surface area contributed by atoms with Crippen LogP contribution in [0.3, 0.4) is 0 Å². The number of hydrogen-bond acceptors (Lipinski definition) is 5. The monoisotopic (exact) mass is 434 g/mol. The van der Waals surface area contributed by atoms with Crippen molar-refractivity contribution in [3.8, 4) is 0 Å². The van der Waals surface area contributed by atoms with Crippen LogP contribution in [0.5, 0.6) is 0 Å². The lowest BCUT2D eigenvalue weighted by atomic mass is 9.85. The summed E-state index contributed by atoms with van der Waals surface area (Å²) in [5.74, 6) is -1.62. The van der Waals surface area contributed by atoms with Crippen molar-refractivity contribution in [1.29, 1.82) is 0 Å². The molecule has 11 heteroatoms. The molecule has 3 aliphatic rings. The Balaban J connectivity index is 1.38. The maximum Gasteiger partial charge on any atom is 0.416 e. The Morgan fingerprint density at radius 1 is 1.27 bits per heavy atom. The molecule has 0 saturated carbocycles. The summed E-state index contributed by atoms with van der Waals surface area (Å²) in [5, 5.41) is 13.3. The van der Waals surface area contributed by atoms with Crippen molar-refractivity contribution in [3.05, 3.63) is 41.3 Å². The summed E-state index contributed by atoms with van der Waals surface area (Å²) in [6.07, 6.45) is -3.74. The van der Waals surface area contributed by atoms with Gasteiger partial charge in [0.2, 0.25) is 0 Å². The van der Waals surface area contributed by atoms with Gasteiger partial charge in [0.25, 0.3) is 0 Å². The van der Waals surface area contributed by atoms with Crippen molar-refractivity contribution < 1.29 is 31.8 Å². The van der Waals surface area contributed by atoms with Crippen molar-refractivity contribution in [2.75, 3.05) is 6.61 Å². The third kappa shape index (κ3) is 4.16. The third-order valence-electron chi connectivity index (χ3n) is 6.04. The number of fused-ring (bicyclic) bond motifs is 1. The number of alkyl halides is 3. The fraction of sp³-hybridized carbons (Fsp3) is 0.632. The molecular weight excluding hydrogens is 411 g/mol. The molecule has 2 aliphatic heterocycles. The molecule has 30 heavy (non-hydrogen) atoms. The molecule has 5 atom stereocenters. The SMILES string of the molecule is N[C@H]1C[C@@H](N2Cc3cnn(C[C@H](O)C(F)(F)F)c3C2)CO[C@@H]1C1CC(F)=CC=C1F. The zero-order valence-electron chi connectivity index (χ0n) is 16.0. The second kappa shape index (κ2) is 8.03. The van der Waals surface area contributed by atoms with E-state index in [1.807, 2.05) is 4.90 Å². The highest BCUT2D eigenvalue weighted by Gasteiger charge is 2.42. The van der Waals surface area contributed by atoms with Crippen molar-refractivity contribution in [2.24, 2.45) is 11.7 Å². The maximum atomic E-state index is 14.1. The smallest absolute Gasteiger partial charge is 0.382 e. The van der Waals surface area contributed by atoms with Gasteiger partial charge in [-0.25, -0.2) is 8.78 Å². The molecule has 0 spiro atoms. The zero-order valence-corrected chi connectivity index (χ0v) is 16.0. The lowest BCUT2D eigenvalue weighted by molar-refractivity contribution is -0.208. The largest absolute Gasteiger partial charge is 0.416 e. The summed E-state index contributed by atoms with van der Waals surface area (Å²) in [7, 11) is 0. The van der Waals surface area contributed by atoms with E-state index >= 15 is 0 Å². The van der Waals surface area contributed by atoms with Gasteiger partial charge in [-0.3, -0.25) is 9.58 Å². The lowest BCUT2D eigenvalue weighted by Gasteiger charge is -2.41. The van der Waals surface area contributed by atoms with Crippen LogP contribution in [0, 0.1) is 5.92 Å². The molecule has 1 aromatic rings. The summed E-state index contributed by atoms with van der Waals surface area (Å²) >= 11 is 0. The number of aromatic nitrogens is 2. The Morgan fingerprint density at radius 3 is 2.73 bits per heavy atom. The summed E-state index contributed by atoms with van der Waals surface area (Å²) in [6, 6.07) is -0.619.